The Labute approximate surface area is 89.6 Å². The predicted octanol–water partition coefficient (Wildman–Crippen LogP) is 0.186. The van der Waals surface area contributed by atoms with Gasteiger partial charge >= 0.3 is 35.5 Å². The zero-order chi connectivity index (χ0) is 8.15. The second kappa shape index (κ2) is 7.10. The molecular formula is C7H16NNaO2. The fraction of sp³-hybridized carbons (Fsp3) is 0.857. The topological polar surface area (TPSA) is 63.3 Å². The van der Waals surface area contributed by atoms with Crippen molar-refractivity contribution in [3.05, 3.63) is 0 Å². The monoisotopic (exact) mass is 169 g/mol. The Morgan fingerprint density at radius 2 is 1.82 bits per heavy atom. The zero-order valence-electron chi connectivity index (χ0n) is 6.50. The van der Waals surface area contributed by atoms with Crippen LogP contribution in [-0.2, 0) is 4.79 Å². The van der Waals surface area contributed by atoms with Crippen LogP contribution >= 0.6 is 0 Å². The van der Waals surface area contributed by atoms with Crippen LogP contribution in [0.2, 0.25) is 0 Å². The molecule has 0 aromatic carbocycles. The second-order valence-corrected chi connectivity index (χ2v) is 2.44. The molecule has 0 aliphatic rings. The van der Waals surface area contributed by atoms with E-state index >= 15 is 0 Å². The molecule has 0 aromatic rings. The number of hydrogen-bond acceptors (Lipinski definition) is 2. The summed E-state index contributed by atoms with van der Waals surface area (Å²) in [5, 5.41) is 8.49. The van der Waals surface area contributed by atoms with Crippen molar-refractivity contribution in [1.29, 1.82) is 0 Å². The van der Waals surface area contributed by atoms with Gasteiger partial charge in [-0.05, 0) is 5.92 Å². The molecule has 0 aromatic heterocycles. The minimum atomic E-state index is -0.895. The maximum atomic E-state index is 10.3. The Kier molecular flexibility index (Phi) is 9.02. The van der Waals surface area contributed by atoms with Gasteiger partial charge in [-0.15, -0.1) is 0 Å². The van der Waals surface area contributed by atoms with Crippen molar-refractivity contribution in [2.45, 2.75) is 32.7 Å². The summed E-state index contributed by atoms with van der Waals surface area (Å²) in [6, 6.07) is -0.685. The first kappa shape index (κ1) is 14.0. The van der Waals surface area contributed by atoms with E-state index in [9.17, 15) is 4.79 Å². The van der Waals surface area contributed by atoms with Gasteiger partial charge in [0.1, 0.15) is 6.04 Å². The van der Waals surface area contributed by atoms with Gasteiger partial charge < -0.3 is 10.8 Å². The van der Waals surface area contributed by atoms with Gasteiger partial charge in [-0.1, -0.05) is 26.7 Å². The summed E-state index contributed by atoms with van der Waals surface area (Å²) in [4.78, 5) is 10.3. The summed E-state index contributed by atoms with van der Waals surface area (Å²) in [5.41, 5.74) is 5.38. The number of hydrogen-bond donors (Lipinski definition) is 2. The molecule has 0 aliphatic carbocycles. The fourth-order valence-electron chi connectivity index (χ4n) is 0.998. The maximum absolute atomic E-state index is 10.3. The van der Waals surface area contributed by atoms with E-state index in [1.54, 1.807) is 0 Å². The van der Waals surface area contributed by atoms with Crippen molar-refractivity contribution in [1.82, 2.24) is 0 Å². The van der Waals surface area contributed by atoms with Crippen LogP contribution in [0.4, 0.5) is 0 Å². The van der Waals surface area contributed by atoms with Crippen molar-refractivity contribution in [3.8, 4) is 0 Å². The molecule has 1 atom stereocenters. The molecule has 0 radical (unpaired) electrons. The number of rotatable bonds is 4. The minimum absolute atomic E-state index is 0. The normalized spacial score (nSPS) is 12.4. The van der Waals surface area contributed by atoms with Gasteiger partial charge in [-0.3, -0.25) is 4.79 Å². The number of nitrogens with two attached hydrogens (primary N) is 1. The van der Waals surface area contributed by atoms with Crippen LogP contribution < -0.4 is 5.73 Å². The molecule has 0 bridgehead atoms. The number of carboxylic acid groups (broad SMARTS) is 1. The van der Waals surface area contributed by atoms with Crippen molar-refractivity contribution in [2.75, 3.05) is 0 Å². The first-order chi connectivity index (χ1) is 4.63. The van der Waals surface area contributed by atoms with E-state index in [0.29, 0.717) is 0 Å². The molecule has 3 nitrogen and oxygen atoms in total. The van der Waals surface area contributed by atoms with Crippen molar-refractivity contribution < 1.29 is 9.90 Å². The van der Waals surface area contributed by atoms with E-state index < -0.39 is 12.0 Å². The molecule has 0 amide bonds. The molecular weight excluding hydrogens is 153 g/mol. The molecule has 0 spiro atoms. The summed E-state index contributed by atoms with van der Waals surface area (Å²) < 4.78 is 0. The molecule has 0 heterocycles. The molecule has 11 heavy (non-hydrogen) atoms. The van der Waals surface area contributed by atoms with E-state index in [0.717, 1.165) is 12.8 Å². The van der Waals surface area contributed by atoms with Crippen molar-refractivity contribution >= 4 is 35.5 Å². The van der Waals surface area contributed by atoms with Crippen LogP contribution in [0.1, 0.15) is 26.7 Å². The SMILES string of the molecule is CCC(CC)C(N)C(=O)O.[NaH]. The average Bonchev–Trinajstić information content (AvgIpc) is 1.90. The Bertz CT molecular complexity index is 115. The molecule has 0 saturated heterocycles. The van der Waals surface area contributed by atoms with Gasteiger partial charge in [-0.25, -0.2) is 0 Å². The van der Waals surface area contributed by atoms with Crippen LogP contribution in [0.5, 0.6) is 0 Å². The van der Waals surface area contributed by atoms with E-state index in [1.165, 1.54) is 0 Å². The molecule has 0 fully saturated rings. The number of aliphatic carboxylic acids is 1. The molecule has 1 unspecified atom stereocenters. The number of carboxylic acids is 1. The third kappa shape index (κ3) is 4.80. The van der Waals surface area contributed by atoms with Gasteiger partial charge in [-0.2, -0.15) is 0 Å². The van der Waals surface area contributed by atoms with E-state index in [4.69, 9.17) is 10.8 Å². The van der Waals surface area contributed by atoms with Crippen LogP contribution in [-0.4, -0.2) is 46.7 Å². The van der Waals surface area contributed by atoms with Crippen LogP contribution in [0, 0.1) is 5.92 Å². The fourth-order valence-corrected chi connectivity index (χ4v) is 0.998. The Balaban J connectivity index is 0. The second-order valence-electron chi connectivity index (χ2n) is 2.44. The molecule has 0 aliphatic heterocycles. The Hall–Kier alpha value is 0.430. The standard InChI is InChI=1S/C7H15NO2.Na.H/c1-3-5(4-2)6(8)7(9)10;;/h5-6H,3-4,8H2,1-2H3,(H,9,10);;. The van der Waals surface area contributed by atoms with Crippen LogP contribution in [0.3, 0.4) is 0 Å². The first-order valence-corrected chi connectivity index (χ1v) is 3.61. The van der Waals surface area contributed by atoms with Gasteiger partial charge in [0.15, 0.2) is 0 Å². The van der Waals surface area contributed by atoms with Gasteiger partial charge in [0, 0.05) is 0 Å². The zero-order valence-corrected chi connectivity index (χ0v) is 6.50. The van der Waals surface area contributed by atoms with Crippen molar-refractivity contribution in [3.63, 3.8) is 0 Å². The van der Waals surface area contributed by atoms with E-state index in [2.05, 4.69) is 0 Å². The summed E-state index contributed by atoms with van der Waals surface area (Å²) >= 11 is 0. The average molecular weight is 169 g/mol. The number of carbonyl (C=O) groups is 1. The third-order valence-electron chi connectivity index (χ3n) is 1.84. The van der Waals surface area contributed by atoms with E-state index in [-0.39, 0.29) is 35.5 Å². The first-order valence-electron chi connectivity index (χ1n) is 3.61. The predicted molar refractivity (Wildman–Crippen MR) is 46.8 cm³/mol. The van der Waals surface area contributed by atoms with Gasteiger partial charge in [0.25, 0.3) is 0 Å². The van der Waals surface area contributed by atoms with Gasteiger partial charge in [0.2, 0.25) is 0 Å². The Morgan fingerprint density at radius 3 is 1.91 bits per heavy atom. The summed E-state index contributed by atoms with van der Waals surface area (Å²) in [6.45, 7) is 3.91. The van der Waals surface area contributed by atoms with Crippen LogP contribution in [0.25, 0.3) is 0 Å². The molecule has 62 valence electrons. The molecule has 4 heteroatoms. The quantitative estimate of drug-likeness (QED) is 0.590. The summed E-state index contributed by atoms with van der Waals surface area (Å²) in [6.07, 6.45) is 1.67. The van der Waals surface area contributed by atoms with E-state index in [1.807, 2.05) is 13.8 Å². The van der Waals surface area contributed by atoms with Crippen LogP contribution in [0.15, 0.2) is 0 Å². The molecule has 0 rings (SSSR count). The van der Waals surface area contributed by atoms with Crippen molar-refractivity contribution in [2.24, 2.45) is 11.7 Å². The summed E-state index contributed by atoms with van der Waals surface area (Å²) in [5.74, 6) is -0.772. The third-order valence-corrected chi connectivity index (χ3v) is 1.84. The summed E-state index contributed by atoms with van der Waals surface area (Å²) in [7, 11) is 0. The van der Waals surface area contributed by atoms with Gasteiger partial charge in [0.05, 0.1) is 0 Å². The molecule has 3 N–H and O–H groups in total. The molecule has 0 saturated carbocycles. The Morgan fingerprint density at radius 1 is 1.45 bits per heavy atom.